The number of benzene rings is 1. The van der Waals surface area contributed by atoms with Gasteiger partial charge in [0.05, 0.1) is 30.1 Å². The molecule has 6 nitrogen and oxygen atoms in total. The van der Waals surface area contributed by atoms with Crippen molar-refractivity contribution < 1.29 is 14.3 Å². The van der Waals surface area contributed by atoms with Gasteiger partial charge in [0.15, 0.2) is 11.5 Å². The maximum absolute atomic E-state index is 9.47. The fourth-order valence-corrected chi connectivity index (χ4v) is 3.32. The molecule has 0 fully saturated rings. The van der Waals surface area contributed by atoms with Crippen LogP contribution in [0.3, 0.4) is 0 Å². The average molecular weight is 384 g/mol. The molecule has 4 rings (SSSR count). The number of aryl methyl sites for hydroxylation is 1. The van der Waals surface area contributed by atoms with Crippen LogP contribution in [0.25, 0.3) is 16.9 Å². The van der Waals surface area contributed by atoms with Crippen molar-refractivity contribution in [3.05, 3.63) is 65.1 Å². The van der Waals surface area contributed by atoms with Crippen molar-refractivity contribution in [1.29, 1.82) is 0 Å². The Bertz CT molecular complexity index is 1100. The summed E-state index contributed by atoms with van der Waals surface area (Å²) in [5, 5.41) is 13.2. The molecule has 3 aromatic heterocycles. The molecule has 2 N–H and O–H groups in total. The minimum Gasteiger partial charge on any atom is -0.497 e. The van der Waals surface area contributed by atoms with Gasteiger partial charge in [-0.25, -0.2) is 4.98 Å². The predicted octanol–water partition coefficient (Wildman–Crippen LogP) is 4.80. The Kier molecular flexibility index (Phi) is 4.51. The minimum atomic E-state index is -0.0952. The summed E-state index contributed by atoms with van der Waals surface area (Å²) in [4.78, 5) is 4.55. The molecule has 0 aliphatic heterocycles. The lowest BCUT2D eigenvalue weighted by Gasteiger charge is -2.05. The van der Waals surface area contributed by atoms with Crippen molar-refractivity contribution in [2.45, 2.75) is 13.5 Å². The second kappa shape index (κ2) is 6.98. The monoisotopic (exact) mass is 383 g/mol. The highest BCUT2D eigenvalue weighted by atomic mass is 35.5. The summed E-state index contributed by atoms with van der Waals surface area (Å²) in [5.41, 5.74) is 4.80. The van der Waals surface area contributed by atoms with Gasteiger partial charge in [-0.2, -0.15) is 0 Å². The van der Waals surface area contributed by atoms with Crippen LogP contribution in [-0.4, -0.2) is 21.6 Å². The third-order valence-corrected chi connectivity index (χ3v) is 4.60. The summed E-state index contributed by atoms with van der Waals surface area (Å²) in [6.45, 7) is 1.82. The van der Waals surface area contributed by atoms with Crippen LogP contribution in [0.5, 0.6) is 5.75 Å². The molecule has 0 atom stereocenters. The molecule has 0 saturated heterocycles. The molecule has 0 unspecified atom stereocenters. The highest BCUT2D eigenvalue weighted by molar-refractivity contribution is 6.33. The normalized spacial score (nSPS) is 11.1. The molecule has 3 heterocycles. The summed E-state index contributed by atoms with van der Waals surface area (Å²) >= 11 is 6.31. The molecule has 0 aliphatic rings. The third-order valence-electron chi connectivity index (χ3n) is 4.32. The fraction of sp³-hybridized carbons (Fsp3) is 0.150. The minimum absolute atomic E-state index is 0.0952. The Labute approximate surface area is 161 Å². The molecule has 0 bridgehead atoms. The number of furan rings is 1. The van der Waals surface area contributed by atoms with Crippen LogP contribution in [0.1, 0.15) is 11.3 Å². The Morgan fingerprint density at radius 1 is 1.26 bits per heavy atom. The summed E-state index contributed by atoms with van der Waals surface area (Å²) in [5.74, 6) is 1.40. The molecule has 0 saturated carbocycles. The van der Waals surface area contributed by atoms with Crippen molar-refractivity contribution in [3.63, 3.8) is 0 Å². The number of pyridine rings is 1. The highest BCUT2D eigenvalue weighted by Gasteiger charge is 2.16. The Hall–Kier alpha value is -2.96. The molecule has 138 valence electrons. The van der Waals surface area contributed by atoms with Crippen LogP contribution in [0.2, 0.25) is 5.02 Å². The maximum Gasteiger partial charge on any atom is 0.197 e. The number of methoxy groups -OCH3 is 1. The van der Waals surface area contributed by atoms with Crippen LogP contribution < -0.4 is 10.1 Å². The topological polar surface area (TPSA) is 71.9 Å². The van der Waals surface area contributed by atoms with Crippen molar-refractivity contribution >= 4 is 28.8 Å². The van der Waals surface area contributed by atoms with E-state index in [-0.39, 0.29) is 6.61 Å². The van der Waals surface area contributed by atoms with E-state index in [1.165, 1.54) is 0 Å². The van der Waals surface area contributed by atoms with Crippen molar-refractivity contribution in [3.8, 4) is 17.0 Å². The van der Waals surface area contributed by atoms with Gasteiger partial charge in [-0.1, -0.05) is 11.6 Å². The average Bonchev–Trinajstić information content (AvgIpc) is 3.25. The lowest BCUT2D eigenvalue weighted by Crippen LogP contribution is -1.93. The van der Waals surface area contributed by atoms with E-state index in [0.29, 0.717) is 22.1 Å². The summed E-state index contributed by atoms with van der Waals surface area (Å²) in [7, 11) is 1.63. The van der Waals surface area contributed by atoms with Gasteiger partial charge in [0.25, 0.3) is 0 Å². The molecule has 0 radical (unpaired) electrons. The van der Waals surface area contributed by atoms with E-state index in [1.807, 2.05) is 47.9 Å². The predicted molar refractivity (Wildman–Crippen MR) is 105 cm³/mol. The standard InChI is InChI=1S/C20H18ClN3O3/c1-12-19(24-9-13(10-25)7-17(21)20(24)22-12)14-8-18(27-11-14)23-15-3-5-16(26-2)6-4-15/h3-9,11,23,25H,10H2,1-2H3. The van der Waals surface area contributed by atoms with Gasteiger partial charge in [-0.05, 0) is 42.8 Å². The van der Waals surface area contributed by atoms with E-state index in [0.717, 1.165) is 28.4 Å². The zero-order valence-corrected chi connectivity index (χ0v) is 15.6. The third kappa shape index (κ3) is 3.25. The first-order valence-electron chi connectivity index (χ1n) is 8.37. The number of halogens is 1. The summed E-state index contributed by atoms with van der Waals surface area (Å²) in [6, 6.07) is 11.2. The Morgan fingerprint density at radius 3 is 2.74 bits per heavy atom. The molecule has 4 aromatic rings. The van der Waals surface area contributed by atoms with Gasteiger partial charge >= 0.3 is 0 Å². The molecule has 0 amide bonds. The number of ether oxygens (including phenoxy) is 1. The number of hydrogen-bond acceptors (Lipinski definition) is 5. The fourth-order valence-electron chi connectivity index (χ4n) is 3.05. The largest absolute Gasteiger partial charge is 0.497 e. The van der Waals surface area contributed by atoms with Crippen LogP contribution >= 0.6 is 11.6 Å². The number of aromatic nitrogens is 2. The summed E-state index contributed by atoms with van der Waals surface area (Å²) in [6.07, 6.45) is 3.50. The van der Waals surface area contributed by atoms with Crippen LogP contribution in [0.4, 0.5) is 11.6 Å². The number of rotatable bonds is 5. The van der Waals surface area contributed by atoms with E-state index >= 15 is 0 Å². The molecule has 7 heteroatoms. The van der Waals surface area contributed by atoms with Crippen LogP contribution in [-0.2, 0) is 6.61 Å². The molecule has 0 spiro atoms. The first-order valence-corrected chi connectivity index (χ1v) is 8.74. The van der Waals surface area contributed by atoms with Crippen LogP contribution in [0, 0.1) is 6.92 Å². The lowest BCUT2D eigenvalue weighted by molar-refractivity contribution is 0.281. The van der Waals surface area contributed by atoms with Crippen molar-refractivity contribution in [1.82, 2.24) is 9.38 Å². The molecule has 27 heavy (non-hydrogen) atoms. The van der Waals surface area contributed by atoms with Gasteiger partial charge in [0.2, 0.25) is 0 Å². The number of nitrogens with zero attached hydrogens (tertiary/aromatic N) is 2. The lowest BCUT2D eigenvalue weighted by atomic mass is 10.2. The second-order valence-corrected chi connectivity index (χ2v) is 6.55. The quantitative estimate of drug-likeness (QED) is 0.518. The number of nitrogens with one attached hydrogen (secondary N) is 1. The number of fused-ring (bicyclic) bond motifs is 1. The highest BCUT2D eigenvalue weighted by Crippen LogP contribution is 2.32. The molecular formula is C20H18ClN3O3. The second-order valence-electron chi connectivity index (χ2n) is 6.15. The van der Waals surface area contributed by atoms with Gasteiger partial charge in [0, 0.05) is 23.5 Å². The number of hydrogen-bond donors (Lipinski definition) is 2. The SMILES string of the molecule is COc1ccc(Nc2cc(-c3c(C)nc4c(Cl)cc(CO)cn34)co2)cc1. The number of aliphatic hydroxyl groups is 1. The zero-order valence-electron chi connectivity index (χ0n) is 14.9. The first kappa shape index (κ1) is 17.5. The molecular weight excluding hydrogens is 366 g/mol. The van der Waals surface area contributed by atoms with Crippen LogP contribution in [0.15, 0.2) is 53.3 Å². The molecule has 0 aliphatic carbocycles. The van der Waals surface area contributed by atoms with E-state index in [4.69, 9.17) is 20.8 Å². The summed E-state index contributed by atoms with van der Waals surface area (Å²) < 4.78 is 12.7. The number of anilines is 2. The van der Waals surface area contributed by atoms with Gasteiger partial charge < -0.3 is 19.6 Å². The Morgan fingerprint density at radius 2 is 2.04 bits per heavy atom. The van der Waals surface area contributed by atoms with E-state index in [9.17, 15) is 5.11 Å². The maximum atomic E-state index is 9.47. The van der Waals surface area contributed by atoms with Gasteiger partial charge in [0.1, 0.15) is 12.0 Å². The first-order chi connectivity index (χ1) is 13.1. The van der Waals surface area contributed by atoms with Gasteiger partial charge in [-0.3, -0.25) is 4.40 Å². The Balaban J connectivity index is 1.70. The van der Waals surface area contributed by atoms with E-state index in [2.05, 4.69) is 10.3 Å². The van der Waals surface area contributed by atoms with E-state index < -0.39 is 0 Å². The van der Waals surface area contributed by atoms with E-state index in [1.54, 1.807) is 19.4 Å². The molecule has 1 aromatic carbocycles. The van der Waals surface area contributed by atoms with Crippen molar-refractivity contribution in [2.24, 2.45) is 0 Å². The number of aliphatic hydroxyl groups excluding tert-OH is 1. The number of imidazole rings is 1. The smallest absolute Gasteiger partial charge is 0.197 e. The van der Waals surface area contributed by atoms with Crippen molar-refractivity contribution in [2.75, 3.05) is 12.4 Å². The zero-order chi connectivity index (χ0) is 19.0. The van der Waals surface area contributed by atoms with Gasteiger partial charge in [-0.15, -0.1) is 0 Å².